The second kappa shape index (κ2) is 9.45. The predicted molar refractivity (Wildman–Crippen MR) is 165 cm³/mol. The molecule has 0 heterocycles. The van der Waals surface area contributed by atoms with Crippen molar-refractivity contribution in [3.8, 4) is 0 Å². The van der Waals surface area contributed by atoms with Crippen LogP contribution in [-0.4, -0.2) is 28.8 Å². The van der Waals surface area contributed by atoms with E-state index in [1.165, 1.54) is 32.1 Å². The van der Waals surface area contributed by atoms with Gasteiger partial charge in [-0.1, -0.05) is 78.7 Å². The fourth-order valence-electron chi connectivity index (χ4n) is 8.37. The first-order chi connectivity index (χ1) is 16.8. The minimum Gasteiger partial charge on any atom is -0.414 e. The van der Waals surface area contributed by atoms with Gasteiger partial charge in [-0.05, 0) is 111 Å². The molecule has 212 valence electrons. The molecule has 3 saturated carbocycles. The molecule has 4 rings (SSSR count). The molecular weight excluding hydrogens is 485 g/mol. The highest BCUT2D eigenvalue weighted by Crippen LogP contribution is 2.67. The van der Waals surface area contributed by atoms with Crippen LogP contribution in [0, 0.1) is 28.6 Å². The van der Waals surface area contributed by atoms with Crippen LogP contribution in [0.3, 0.4) is 0 Å². The van der Waals surface area contributed by atoms with Crippen LogP contribution in [0.4, 0.5) is 0 Å². The van der Waals surface area contributed by atoms with Gasteiger partial charge in [0.2, 0.25) is 0 Å². The van der Waals surface area contributed by atoms with E-state index in [0.29, 0.717) is 11.5 Å². The van der Waals surface area contributed by atoms with Crippen molar-refractivity contribution in [1.29, 1.82) is 0 Å². The lowest BCUT2D eigenvalue weighted by atomic mass is 9.47. The van der Waals surface area contributed by atoms with Crippen molar-refractivity contribution in [2.24, 2.45) is 28.6 Å². The fraction of sp³-hybridized carbons (Fsp3) is 0.879. The first-order valence-electron chi connectivity index (χ1n) is 15.5. The van der Waals surface area contributed by atoms with Gasteiger partial charge in [0.1, 0.15) is 0 Å². The minimum absolute atomic E-state index is 0.145. The lowest BCUT2D eigenvalue weighted by Gasteiger charge is -2.61. The third-order valence-corrected chi connectivity index (χ3v) is 21.9. The van der Waals surface area contributed by atoms with Crippen LogP contribution >= 0.6 is 0 Å². The third-order valence-electron chi connectivity index (χ3n) is 12.8. The zero-order chi connectivity index (χ0) is 27.8. The molecule has 0 spiro atoms. The molecule has 0 aromatic rings. The van der Waals surface area contributed by atoms with E-state index in [-0.39, 0.29) is 21.6 Å². The highest BCUT2D eigenvalue weighted by Gasteiger charge is 2.61. The maximum atomic E-state index is 7.50. The van der Waals surface area contributed by atoms with Gasteiger partial charge in [-0.25, -0.2) is 0 Å². The Balaban J connectivity index is 1.72. The van der Waals surface area contributed by atoms with Crippen molar-refractivity contribution in [1.82, 2.24) is 0 Å². The molecule has 0 aromatic heterocycles. The molecule has 4 heteroatoms. The number of rotatable bonds is 4. The zero-order valence-electron chi connectivity index (χ0n) is 26.8. The van der Waals surface area contributed by atoms with Gasteiger partial charge in [0.15, 0.2) is 16.6 Å². The molecule has 3 fully saturated rings. The Morgan fingerprint density at radius 2 is 1.49 bits per heavy atom. The second-order valence-electron chi connectivity index (χ2n) is 16.7. The summed E-state index contributed by atoms with van der Waals surface area (Å²) in [5.41, 5.74) is 4.00. The van der Waals surface area contributed by atoms with E-state index in [1.54, 1.807) is 11.1 Å². The van der Waals surface area contributed by atoms with Crippen LogP contribution in [0.2, 0.25) is 36.3 Å². The SMILES string of the molecule is C/C=C1/CC[C@H]2[C@@H]3CC=C4C[C@@H](O[Si](C)(C)C(C)(C)C)C[C@H](O[Si](C)(C)C(C)(C)C)[C@]4(C)[C@H]3CC[C@]12C. The van der Waals surface area contributed by atoms with Crippen LogP contribution in [0.5, 0.6) is 0 Å². The standard InChI is InChI=1S/C33H60O2Si2/c1-14-23-16-18-27-26-17-15-24-21-25(34-36(10,11)30(2,3)4)22-29(35-37(12,13)31(5,6)7)33(24,9)28(26)19-20-32(23,27)8/h14-15,25-29H,16-22H2,1-13H3/b23-14-/t25-,26+,27+,28+,29+,32-,33+/m1/s1. The Morgan fingerprint density at radius 1 is 0.892 bits per heavy atom. The van der Waals surface area contributed by atoms with E-state index in [0.717, 1.165) is 30.6 Å². The first kappa shape index (κ1) is 29.8. The lowest BCUT2D eigenvalue weighted by Crippen LogP contribution is -2.59. The first-order valence-corrected chi connectivity index (χ1v) is 21.3. The van der Waals surface area contributed by atoms with Crippen molar-refractivity contribution in [2.75, 3.05) is 0 Å². The van der Waals surface area contributed by atoms with Crippen LogP contribution in [-0.2, 0) is 8.85 Å². The van der Waals surface area contributed by atoms with Gasteiger partial charge in [-0.15, -0.1) is 0 Å². The Hall–Kier alpha value is -0.166. The Morgan fingerprint density at radius 3 is 2.05 bits per heavy atom. The molecule has 0 amide bonds. The van der Waals surface area contributed by atoms with Crippen LogP contribution in [0.15, 0.2) is 23.3 Å². The van der Waals surface area contributed by atoms with Gasteiger partial charge in [0.25, 0.3) is 0 Å². The van der Waals surface area contributed by atoms with Crippen molar-refractivity contribution < 1.29 is 8.85 Å². The maximum absolute atomic E-state index is 7.50. The molecule has 0 radical (unpaired) electrons. The summed E-state index contributed by atoms with van der Waals surface area (Å²) in [5, 5.41) is 0.447. The van der Waals surface area contributed by atoms with Crippen molar-refractivity contribution in [3.63, 3.8) is 0 Å². The summed E-state index contributed by atoms with van der Waals surface area (Å²) >= 11 is 0. The van der Waals surface area contributed by atoms with Crippen molar-refractivity contribution >= 4 is 16.6 Å². The molecule has 0 aromatic carbocycles. The summed E-state index contributed by atoms with van der Waals surface area (Å²) in [5.74, 6) is 2.38. The molecule has 4 aliphatic carbocycles. The summed E-state index contributed by atoms with van der Waals surface area (Å²) in [4.78, 5) is 0. The van der Waals surface area contributed by atoms with E-state index < -0.39 is 16.6 Å². The normalized spacial score (nSPS) is 40.2. The van der Waals surface area contributed by atoms with Gasteiger partial charge in [-0.2, -0.15) is 0 Å². The smallest absolute Gasteiger partial charge is 0.192 e. The number of fused-ring (bicyclic) bond motifs is 5. The molecule has 7 atom stereocenters. The van der Waals surface area contributed by atoms with Crippen molar-refractivity contribution in [3.05, 3.63) is 23.3 Å². The van der Waals surface area contributed by atoms with E-state index in [1.807, 2.05) is 0 Å². The molecule has 0 N–H and O–H groups in total. The lowest BCUT2D eigenvalue weighted by molar-refractivity contribution is -0.0882. The largest absolute Gasteiger partial charge is 0.414 e. The highest BCUT2D eigenvalue weighted by atomic mass is 28.4. The van der Waals surface area contributed by atoms with Crippen LogP contribution in [0.1, 0.15) is 107 Å². The Kier molecular flexibility index (Phi) is 7.61. The van der Waals surface area contributed by atoms with Gasteiger partial charge < -0.3 is 8.85 Å². The van der Waals surface area contributed by atoms with E-state index in [9.17, 15) is 0 Å². The topological polar surface area (TPSA) is 18.5 Å². The molecule has 0 aliphatic heterocycles. The monoisotopic (exact) mass is 544 g/mol. The molecule has 2 nitrogen and oxygen atoms in total. The maximum Gasteiger partial charge on any atom is 0.192 e. The number of allylic oxidation sites excluding steroid dienone is 3. The van der Waals surface area contributed by atoms with Gasteiger partial charge in [0.05, 0.1) is 12.2 Å². The molecule has 37 heavy (non-hydrogen) atoms. The summed E-state index contributed by atoms with van der Waals surface area (Å²) in [6.45, 7) is 31.6. The van der Waals surface area contributed by atoms with Crippen molar-refractivity contribution in [2.45, 2.75) is 156 Å². The zero-order valence-corrected chi connectivity index (χ0v) is 28.8. The highest BCUT2D eigenvalue weighted by molar-refractivity contribution is 6.74. The van der Waals surface area contributed by atoms with E-state index >= 15 is 0 Å². The number of hydrogen-bond acceptors (Lipinski definition) is 2. The number of hydrogen-bond donors (Lipinski definition) is 0. The molecule has 4 aliphatic rings. The summed E-state index contributed by atoms with van der Waals surface area (Å²) < 4.78 is 14.6. The Bertz CT molecular complexity index is 933. The van der Waals surface area contributed by atoms with Gasteiger partial charge in [0, 0.05) is 5.41 Å². The van der Waals surface area contributed by atoms with E-state index in [4.69, 9.17) is 8.85 Å². The quantitative estimate of drug-likeness (QED) is 0.259. The summed E-state index contributed by atoms with van der Waals surface area (Å²) in [6, 6.07) is 0. The fourth-order valence-corrected chi connectivity index (χ4v) is 11.1. The predicted octanol–water partition coefficient (Wildman–Crippen LogP) is 10.3. The molecular formula is C33H60O2Si2. The molecule has 0 unspecified atom stereocenters. The van der Waals surface area contributed by atoms with Gasteiger partial charge >= 0.3 is 0 Å². The Labute approximate surface area is 232 Å². The average molecular weight is 545 g/mol. The third kappa shape index (κ3) is 4.86. The summed E-state index contributed by atoms with van der Waals surface area (Å²) in [6.07, 6.45) is 14.6. The summed E-state index contributed by atoms with van der Waals surface area (Å²) in [7, 11) is -3.79. The van der Waals surface area contributed by atoms with Gasteiger partial charge in [-0.3, -0.25) is 0 Å². The van der Waals surface area contributed by atoms with Crippen LogP contribution in [0.25, 0.3) is 0 Å². The van der Waals surface area contributed by atoms with E-state index in [2.05, 4.69) is 101 Å². The minimum atomic E-state index is -1.94. The van der Waals surface area contributed by atoms with Crippen LogP contribution < -0.4 is 0 Å². The second-order valence-corrected chi connectivity index (χ2v) is 26.3. The average Bonchev–Trinajstić information content (AvgIpc) is 3.09. The molecule has 0 bridgehead atoms. The molecule has 0 saturated heterocycles.